The fraction of sp³-hybridized carbons (Fsp3) is 0.0952. The summed E-state index contributed by atoms with van der Waals surface area (Å²) in [4.78, 5) is 12.2. The summed E-state index contributed by atoms with van der Waals surface area (Å²) in [6, 6.07) is 23.4. The van der Waals surface area contributed by atoms with Crippen LogP contribution in [0.1, 0.15) is 21.5 Å². The number of carbonyl (C=O) groups excluding carboxylic acids is 1. The molecule has 0 aliphatic rings. The minimum absolute atomic E-state index is 0.339. The van der Waals surface area contributed by atoms with Crippen molar-refractivity contribution in [3.05, 3.63) is 89.5 Å². The third-order valence-corrected chi connectivity index (χ3v) is 4.35. The molecule has 0 bridgehead atoms. The Morgan fingerprint density at radius 3 is 1.92 bits per heavy atom. The van der Waals surface area contributed by atoms with Gasteiger partial charge in [0.1, 0.15) is 5.75 Å². The van der Waals surface area contributed by atoms with E-state index in [1.54, 1.807) is 12.1 Å². The van der Waals surface area contributed by atoms with Gasteiger partial charge in [-0.2, -0.15) is 0 Å². The van der Waals surface area contributed by atoms with Crippen LogP contribution in [0.2, 0.25) is 0 Å². The lowest BCUT2D eigenvalue weighted by Crippen LogP contribution is -2.08. The van der Waals surface area contributed by atoms with Crippen LogP contribution >= 0.6 is 9.24 Å². The molecule has 0 spiro atoms. The quantitative estimate of drug-likeness (QED) is 0.370. The van der Waals surface area contributed by atoms with Crippen LogP contribution in [0, 0.1) is 6.92 Å². The van der Waals surface area contributed by atoms with E-state index >= 15 is 0 Å². The molecule has 0 fully saturated rings. The summed E-state index contributed by atoms with van der Waals surface area (Å²) < 4.78 is 5.44. The molecule has 0 aliphatic heterocycles. The molecule has 1 atom stereocenters. The highest BCUT2D eigenvalue weighted by Crippen LogP contribution is 2.23. The van der Waals surface area contributed by atoms with Crippen LogP contribution in [0.15, 0.2) is 72.8 Å². The maximum absolute atomic E-state index is 12.2. The molecule has 3 heteroatoms. The fourth-order valence-corrected chi connectivity index (χ4v) is 2.68. The molecule has 24 heavy (non-hydrogen) atoms. The lowest BCUT2D eigenvalue weighted by Gasteiger charge is -2.07. The van der Waals surface area contributed by atoms with Crippen molar-refractivity contribution in [1.29, 1.82) is 0 Å². The smallest absolute Gasteiger partial charge is 0.343 e. The van der Waals surface area contributed by atoms with Crippen LogP contribution in [0.3, 0.4) is 0 Å². The van der Waals surface area contributed by atoms with E-state index in [0.29, 0.717) is 11.3 Å². The number of rotatable bonds is 4. The van der Waals surface area contributed by atoms with Gasteiger partial charge in [-0.15, -0.1) is 9.24 Å². The average Bonchev–Trinajstić information content (AvgIpc) is 2.63. The number of aryl methyl sites for hydroxylation is 1. The average molecular weight is 334 g/mol. The Hall–Kier alpha value is -2.44. The Morgan fingerprint density at radius 2 is 1.38 bits per heavy atom. The zero-order valence-electron chi connectivity index (χ0n) is 13.5. The van der Waals surface area contributed by atoms with Gasteiger partial charge in [-0.1, -0.05) is 54.1 Å². The summed E-state index contributed by atoms with van der Waals surface area (Å²) in [6.45, 7) is 2.07. The first-order chi connectivity index (χ1) is 11.7. The molecule has 3 aromatic carbocycles. The van der Waals surface area contributed by atoms with Crippen LogP contribution in [-0.2, 0) is 6.16 Å². The van der Waals surface area contributed by atoms with E-state index in [4.69, 9.17) is 4.74 Å². The van der Waals surface area contributed by atoms with Crippen molar-refractivity contribution in [2.24, 2.45) is 0 Å². The van der Waals surface area contributed by atoms with Gasteiger partial charge in [-0.25, -0.2) is 4.79 Å². The number of esters is 1. The van der Waals surface area contributed by atoms with E-state index in [1.807, 2.05) is 36.4 Å². The van der Waals surface area contributed by atoms with E-state index in [9.17, 15) is 4.79 Å². The minimum atomic E-state index is -0.339. The largest absolute Gasteiger partial charge is 0.423 e. The molecule has 2 nitrogen and oxygen atoms in total. The molecule has 3 aromatic rings. The number of carbonyl (C=O) groups is 1. The molecular formula is C21H19O2P. The maximum atomic E-state index is 12.2. The zero-order valence-corrected chi connectivity index (χ0v) is 14.7. The Bertz CT molecular complexity index is 819. The van der Waals surface area contributed by atoms with E-state index in [0.717, 1.165) is 17.3 Å². The monoisotopic (exact) mass is 334 g/mol. The van der Waals surface area contributed by atoms with Gasteiger partial charge in [0.2, 0.25) is 0 Å². The molecule has 1 unspecified atom stereocenters. The first kappa shape index (κ1) is 16.4. The lowest BCUT2D eigenvalue weighted by atomic mass is 10.0. The van der Waals surface area contributed by atoms with Crippen molar-refractivity contribution >= 4 is 15.2 Å². The second-order valence-electron chi connectivity index (χ2n) is 5.68. The SMILES string of the molecule is Cc1ccc(-c2ccc(OC(=O)c3ccc(CP)cc3)cc2)cc1. The van der Waals surface area contributed by atoms with Crippen molar-refractivity contribution in [2.45, 2.75) is 13.1 Å². The van der Waals surface area contributed by atoms with Crippen molar-refractivity contribution in [3.63, 3.8) is 0 Å². The number of ether oxygens (including phenoxy) is 1. The van der Waals surface area contributed by atoms with Crippen molar-refractivity contribution in [3.8, 4) is 16.9 Å². The molecule has 120 valence electrons. The highest BCUT2D eigenvalue weighted by Gasteiger charge is 2.08. The normalized spacial score (nSPS) is 10.4. The maximum Gasteiger partial charge on any atom is 0.343 e. The third-order valence-electron chi connectivity index (χ3n) is 3.88. The highest BCUT2D eigenvalue weighted by molar-refractivity contribution is 7.15. The summed E-state index contributed by atoms with van der Waals surface area (Å²) in [5, 5.41) is 0. The Balaban J connectivity index is 1.71. The summed E-state index contributed by atoms with van der Waals surface area (Å²) >= 11 is 0. The topological polar surface area (TPSA) is 26.3 Å². The molecule has 0 aromatic heterocycles. The van der Waals surface area contributed by atoms with Crippen LogP contribution in [0.5, 0.6) is 5.75 Å². The van der Waals surface area contributed by atoms with Crippen LogP contribution in [0.4, 0.5) is 0 Å². The first-order valence-electron chi connectivity index (χ1n) is 7.84. The molecule has 0 amide bonds. The van der Waals surface area contributed by atoms with Gasteiger partial charge in [-0.3, -0.25) is 0 Å². The highest BCUT2D eigenvalue weighted by atomic mass is 31.0. The van der Waals surface area contributed by atoms with Crippen molar-refractivity contribution in [2.75, 3.05) is 0 Å². The molecular weight excluding hydrogens is 315 g/mol. The molecule has 0 aliphatic carbocycles. The van der Waals surface area contributed by atoms with Gasteiger partial charge in [0.15, 0.2) is 0 Å². The summed E-state index contributed by atoms with van der Waals surface area (Å²) in [6.07, 6.45) is 0.871. The zero-order chi connectivity index (χ0) is 16.9. The number of benzene rings is 3. The molecule has 3 rings (SSSR count). The molecule has 0 heterocycles. The molecule has 0 saturated heterocycles. The van der Waals surface area contributed by atoms with Crippen LogP contribution < -0.4 is 4.74 Å². The Labute approximate surface area is 144 Å². The summed E-state index contributed by atoms with van der Waals surface area (Å²) in [5.41, 5.74) is 5.20. The lowest BCUT2D eigenvalue weighted by molar-refractivity contribution is 0.0735. The van der Waals surface area contributed by atoms with Crippen LogP contribution in [-0.4, -0.2) is 5.97 Å². The van der Waals surface area contributed by atoms with Gasteiger partial charge >= 0.3 is 5.97 Å². The van der Waals surface area contributed by atoms with E-state index < -0.39 is 0 Å². The Kier molecular flexibility index (Phi) is 5.08. The first-order valence-corrected chi connectivity index (χ1v) is 8.65. The van der Waals surface area contributed by atoms with Gasteiger partial charge in [0.05, 0.1) is 5.56 Å². The molecule has 0 N–H and O–H groups in total. The van der Waals surface area contributed by atoms with Crippen LogP contribution in [0.25, 0.3) is 11.1 Å². The fourth-order valence-electron chi connectivity index (χ4n) is 2.40. The van der Waals surface area contributed by atoms with Gasteiger partial charge in [0, 0.05) is 0 Å². The Morgan fingerprint density at radius 1 is 0.833 bits per heavy atom. The van der Waals surface area contributed by atoms with E-state index in [-0.39, 0.29) is 5.97 Å². The summed E-state index contributed by atoms with van der Waals surface area (Å²) in [5.74, 6) is 0.208. The second-order valence-corrected chi connectivity index (χ2v) is 6.09. The predicted octanol–water partition coefficient (Wildman–Crippen LogP) is 5.26. The van der Waals surface area contributed by atoms with Gasteiger partial charge in [-0.05, 0) is 54.0 Å². The molecule has 0 saturated carbocycles. The summed E-state index contributed by atoms with van der Waals surface area (Å²) in [7, 11) is 2.66. The second kappa shape index (κ2) is 7.42. The van der Waals surface area contributed by atoms with Crippen molar-refractivity contribution in [1.82, 2.24) is 0 Å². The van der Waals surface area contributed by atoms with Gasteiger partial charge < -0.3 is 4.74 Å². The predicted molar refractivity (Wildman–Crippen MR) is 101 cm³/mol. The van der Waals surface area contributed by atoms with E-state index in [2.05, 4.69) is 40.4 Å². The standard InChI is InChI=1S/C21H19O2P/c1-15-2-6-17(7-3-15)18-10-12-20(13-11-18)23-21(22)19-8-4-16(14-24)5-9-19/h2-13H,14,24H2,1H3. The third kappa shape index (κ3) is 3.90. The van der Waals surface area contributed by atoms with E-state index in [1.165, 1.54) is 11.1 Å². The van der Waals surface area contributed by atoms with Gasteiger partial charge in [0.25, 0.3) is 0 Å². The molecule has 0 radical (unpaired) electrons. The minimum Gasteiger partial charge on any atom is -0.423 e. The number of hydrogen-bond acceptors (Lipinski definition) is 2. The number of hydrogen-bond donors (Lipinski definition) is 0. The van der Waals surface area contributed by atoms with Crippen molar-refractivity contribution < 1.29 is 9.53 Å².